The van der Waals surface area contributed by atoms with Crippen molar-refractivity contribution in [3.8, 4) is 0 Å². The predicted octanol–water partition coefficient (Wildman–Crippen LogP) is 4.80. The minimum atomic E-state index is -0.141. The third kappa shape index (κ3) is 4.23. The van der Waals surface area contributed by atoms with Crippen molar-refractivity contribution in [3.05, 3.63) is 69.7 Å². The smallest absolute Gasteiger partial charge is 0.227 e. The van der Waals surface area contributed by atoms with Gasteiger partial charge in [0.05, 0.1) is 5.92 Å². The number of hydrogen-bond donors (Lipinski definition) is 1. The lowest BCUT2D eigenvalue weighted by atomic mass is 9.95. The third-order valence-electron chi connectivity index (χ3n) is 3.39. The molecule has 1 amide bonds. The molecule has 110 valence electrons. The van der Waals surface area contributed by atoms with Crippen LogP contribution in [0, 0.1) is 0 Å². The fraction of sp³-hybridized carbons (Fsp3) is 0.235. The second-order valence-corrected chi connectivity index (χ2v) is 5.67. The predicted molar refractivity (Wildman–Crippen MR) is 87.8 cm³/mol. The van der Waals surface area contributed by atoms with Crippen molar-refractivity contribution >= 4 is 29.1 Å². The molecule has 4 heteroatoms. The molecule has 1 atom stereocenters. The summed E-state index contributed by atoms with van der Waals surface area (Å²) in [5, 5.41) is 4.10. The molecule has 0 spiro atoms. The first-order valence-electron chi connectivity index (χ1n) is 6.88. The lowest BCUT2D eigenvalue weighted by Crippen LogP contribution is -2.28. The summed E-state index contributed by atoms with van der Waals surface area (Å²) in [5.74, 6) is -0.132. The van der Waals surface area contributed by atoms with E-state index in [2.05, 4.69) is 5.32 Å². The summed E-state index contributed by atoms with van der Waals surface area (Å²) in [5.41, 5.74) is 1.89. The molecule has 0 bridgehead atoms. The molecular weight excluding hydrogens is 305 g/mol. The summed E-state index contributed by atoms with van der Waals surface area (Å²) < 4.78 is 0. The van der Waals surface area contributed by atoms with Gasteiger partial charge in [-0.3, -0.25) is 4.79 Å². The number of carbonyl (C=O) groups excluding carboxylic acids is 1. The molecule has 0 fully saturated rings. The molecule has 0 heterocycles. The van der Waals surface area contributed by atoms with Crippen molar-refractivity contribution in [2.45, 2.75) is 25.8 Å². The van der Waals surface area contributed by atoms with Crippen LogP contribution in [0.1, 0.15) is 30.4 Å². The van der Waals surface area contributed by atoms with Gasteiger partial charge in [0.1, 0.15) is 0 Å². The molecule has 0 aromatic heterocycles. The minimum Gasteiger partial charge on any atom is -0.351 e. The maximum Gasteiger partial charge on any atom is 0.227 e. The standard InChI is InChI=1S/C17H17Cl2NO/c1-2-15(12-6-4-3-5-7-12)17(21)20-11-13-8-9-14(18)10-16(13)19/h3-10,15H,2,11H2,1H3,(H,20,21)/t15-/m1/s1. The molecule has 0 aliphatic carbocycles. The van der Waals surface area contributed by atoms with Gasteiger partial charge in [0.15, 0.2) is 0 Å². The van der Waals surface area contributed by atoms with Crippen molar-refractivity contribution in [2.75, 3.05) is 0 Å². The zero-order valence-electron chi connectivity index (χ0n) is 11.8. The van der Waals surface area contributed by atoms with E-state index in [-0.39, 0.29) is 11.8 Å². The van der Waals surface area contributed by atoms with Crippen LogP contribution in [-0.2, 0) is 11.3 Å². The molecule has 2 aromatic carbocycles. The number of hydrogen-bond acceptors (Lipinski definition) is 1. The van der Waals surface area contributed by atoms with Crippen LogP contribution in [-0.4, -0.2) is 5.91 Å². The monoisotopic (exact) mass is 321 g/mol. The van der Waals surface area contributed by atoms with E-state index in [1.165, 1.54) is 0 Å². The van der Waals surface area contributed by atoms with E-state index in [1.54, 1.807) is 12.1 Å². The van der Waals surface area contributed by atoms with E-state index in [1.807, 2.05) is 43.3 Å². The zero-order chi connectivity index (χ0) is 15.2. The molecule has 1 N–H and O–H groups in total. The van der Waals surface area contributed by atoms with Crippen molar-refractivity contribution in [1.29, 1.82) is 0 Å². The van der Waals surface area contributed by atoms with Gasteiger partial charge < -0.3 is 5.32 Å². The first-order valence-corrected chi connectivity index (χ1v) is 7.64. The van der Waals surface area contributed by atoms with Gasteiger partial charge in [-0.1, -0.05) is 66.5 Å². The highest BCUT2D eigenvalue weighted by atomic mass is 35.5. The van der Waals surface area contributed by atoms with Crippen molar-refractivity contribution in [1.82, 2.24) is 5.32 Å². The fourth-order valence-corrected chi connectivity index (χ4v) is 2.70. The molecule has 0 aliphatic heterocycles. The molecular formula is C17H17Cl2NO. The van der Waals surface area contributed by atoms with Gasteiger partial charge in [-0.2, -0.15) is 0 Å². The van der Waals surface area contributed by atoms with Crippen LogP contribution < -0.4 is 5.32 Å². The average Bonchev–Trinajstić information content (AvgIpc) is 2.48. The Hall–Kier alpha value is -1.51. The Morgan fingerprint density at radius 3 is 2.48 bits per heavy atom. The Labute approximate surface area is 135 Å². The number of amides is 1. The van der Waals surface area contributed by atoms with Gasteiger partial charge in [-0.25, -0.2) is 0 Å². The highest BCUT2D eigenvalue weighted by Gasteiger charge is 2.18. The van der Waals surface area contributed by atoms with Gasteiger partial charge in [0.2, 0.25) is 5.91 Å². The van der Waals surface area contributed by atoms with Gasteiger partial charge in [0.25, 0.3) is 0 Å². The Kier molecular flexibility index (Phi) is 5.66. The van der Waals surface area contributed by atoms with E-state index < -0.39 is 0 Å². The van der Waals surface area contributed by atoms with E-state index in [9.17, 15) is 4.79 Å². The van der Waals surface area contributed by atoms with Crippen molar-refractivity contribution in [2.24, 2.45) is 0 Å². The first-order chi connectivity index (χ1) is 10.1. The third-order valence-corrected chi connectivity index (χ3v) is 3.98. The summed E-state index contributed by atoms with van der Waals surface area (Å²) in [6.45, 7) is 2.41. The fourth-order valence-electron chi connectivity index (χ4n) is 2.23. The molecule has 0 unspecified atom stereocenters. The van der Waals surface area contributed by atoms with E-state index in [0.29, 0.717) is 16.6 Å². The zero-order valence-corrected chi connectivity index (χ0v) is 13.3. The minimum absolute atomic E-state index is 0.00900. The van der Waals surface area contributed by atoms with E-state index in [0.717, 1.165) is 17.5 Å². The molecule has 0 radical (unpaired) electrons. The first kappa shape index (κ1) is 15.9. The summed E-state index contributed by atoms with van der Waals surface area (Å²) in [6.07, 6.45) is 0.754. The maximum absolute atomic E-state index is 12.3. The average molecular weight is 322 g/mol. The number of rotatable bonds is 5. The van der Waals surface area contributed by atoms with Crippen molar-refractivity contribution in [3.63, 3.8) is 0 Å². The Morgan fingerprint density at radius 2 is 1.86 bits per heavy atom. The van der Waals surface area contributed by atoms with E-state index in [4.69, 9.17) is 23.2 Å². The van der Waals surface area contributed by atoms with Crippen molar-refractivity contribution < 1.29 is 4.79 Å². The second kappa shape index (κ2) is 7.48. The van der Waals surface area contributed by atoms with Crippen LogP contribution in [0.4, 0.5) is 0 Å². The molecule has 2 nitrogen and oxygen atoms in total. The maximum atomic E-state index is 12.3. The van der Waals surface area contributed by atoms with Crippen LogP contribution in [0.25, 0.3) is 0 Å². The molecule has 2 rings (SSSR count). The van der Waals surface area contributed by atoms with Crippen LogP contribution >= 0.6 is 23.2 Å². The number of halogens is 2. The Bertz CT molecular complexity index is 613. The highest BCUT2D eigenvalue weighted by molar-refractivity contribution is 6.35. The van der Waals surface area contributed by atoms with Gasteiger partial charge >= 0.3 is 0 Å². The number of carbonyl (C=O) groups is 1. The summed E-state index contributed by atoms with van der Waals surface area (Å²) in [7, 11) is 0. The van der Waals surface area contributed by atoms with Gasteiger partial charge in [-0.05, 0) is 29.7 Å². The molecule has 2 aromatic rings. The van der Waals surface area contributed by atoms with Crippen LogP contribution in [0.3, 0.4) is 0 Å². The Morgan fingerprint density at radius 1 is 1.14 bits per heavy atom. The van der Waals surface area contributed by atoms with Crippen LogP contribution in [0.2, 0.25) is 10.0 Å². The summed E-state index contributed by atoms with van der Waals surface area (Å²) >= 11 is 12.0. The SMILES string of the molecule is CC[C@@H](C(=O)NCc1ccc(Cl)cc1Cl)c1ccccc1. The molecule has 21 heavy (non-hydrogen) atoms. The lowest BCUT2D eigenvalue weighted by Gasteiger charge is -2.16. The second-order valence-electron chi connectivity index (χ2n) is 4.83. The topological polar surface area (TPSA) is 29.1 Å². The lowest BCUT2D eigenvalue weighted by molar-refractivity contribution is -0.122. The number of nitrogens with one attached hydrogen (secondary N) is 1. The number of benzene rings is 2. The van der Waals surface area contributed by atoms with Gasteiger partial charge in [0, 0.05) is 16.6 Å². The molecule has 0 saturated heterocycles. The van der Waals surface area contributed by atoms with E-state index >= 15 is 0 Å². The van der Waals surface area contributed by atoms with Crippen LogP contribution in [0.15, 0.2) is 48.5 Å². The Balaban J connectivity index is 2.03. The van der Waals surface area contributed by atoms with Gasteiger partial charge in [-0.15, -0.1) is 0 Å². The molecule has 0 aliphatic rings. The largest absolute Gasteiger partial charge is 0.351 e. The summed E-state index contributed by atoms with van der Waals surface area (Å²) in [6, 6.07) is 15.1. The van der Waals surface area contributed by atoms with Crippen LogP contribution in [0.5, 0.6) is 0 Å². The summed E-state index contributed by atoms with van der Waals surface area (Å²) in [4.78, 5) is 12.3. The quantitative estimate of drug-likeness (QED) is 0.841. The highest BCUT2D eigenvalue weighted by Crippen LogP contribution is 2.22. The normalized spacial score (nSPS) is 12.0. The molecule has 0 saturated carbocycles.